The third-order valence-corrected chi connectivity index (χ3v) is 3.81. The maximum absolute atomic E-state index is 11.6. The van der Waals surface area contributed by atoms with E-state index in [1.807, 2.05) is 38.2 Å². The summed E-state index contributed by atoms with van der Waals surface area (Å²) in [6.07, 6.45) is 1.25. The summed E-state index contributed by atoms with van der Waals surface area (Å²) < 4.78 is 24.7. The van der Waals surface area contributed by atoms with E-state index in [1.54, 1.807) is 0 Å². The van der Waals surface area contributed by atoms with E-state index >= 15 is 0 Å². The summed E-state index contributed by atoms with van der Waals surface area (Å²) in [5, 5.41) is 2.96. The number of likely N-dealkylation sites (N-methyl/N-ethyl adjacent to an activating group) is 1. The molecule has 0 fully saturated rings. The van der Waals surface area contributed by atoms with Crippen LogP contribution >= 0.6 is 0 Å². The summed E-state index contributed by atoms with van der Waals surface area (Å²) in [6, 6.07) is 7.92. The monoisotopic (exact) mass is 256 g/mol. The number of nitrogens with zero attached hydrogens (tertiary/aromatic N) is 1. The fourth-order valence-electron chi connectivity index (χ4n) is 1.50. The third-order valence-electron chi connectivity index (χ3n) is 2.56. The highest BCUT2D eigenvalue weighted by Gasteiger charge is 2.15. The molecule has 5 heteroatoms. The quantitative estimate of drug-likeness (QED) is 0.825. The fourth-order valence-corrected chi connectivity index (χ4v) is 2.30. The van der Waals surface area contributed by atoms with Crippen LogP contribution in [-0.4, -0.2) is 39.1 Å². The van der Waals surface area contributed by atoms with Gasteiger partial charge in [-0.1, -0.05) is 29.8 Å². The summed E-state index contributed by atoms with van der Waals surface area (Å²) >= 11 is 0. The summed E-state index contributed by atoms with van der Waals surface area (Å²) in [4.78, 5) is 0. The minimum atomic E-state index is -3.15. The lowest BCUT2D eigenvalue weighted by atomic mass is 10.1. The van der Waals surface area contributed by atoms with Crippen LogP contribution in [0.5, 0.6) is 0 Å². The van der Waals surface area contributed by atoms with Gasteiger partial charge in [-0.25, -0.2) is 8.42 Å². The van der Waals surface area contributed by atoms with Gasteiger partial charge < -0.3 is 5.32 Å². The van der Waals surface area contributed by atoms with Gasteiger partial charge in [0, 0.05) is 19.6 Å². The number of rotatable bonds is 6. The molecule has 0 bridgehead atoms. The second kappa shape index (κ2) is 6.14. The van der Waals surface area contributed by atoms with E-state index in [-0.39, 0.29) is 0 Å². The minimum absolute atomic E-state index is 0.431. The molecule has 1 rings (SSSR count). The fraction of sp³-hybridized carbons (Fsp3) is 0.500. The van der Waals surface area contributed by atoms with Crippen molar-refractivity contribution in [2.24, 2.45) is 0 Å². The van der Waals surface area contributed by atoms with Gasteiger partial charge in [-0.3, -0.25) is 0 Å². The van der Waals surface area contributed by atoms with Gasteiger partial charge in [0.2, 0.25) is 10.0 Å². The molecular formula is C12H20N2O2S. The SMILES string of the molecule is CNCCN(Cc1ccc(C)cc1)S(C)(=O)=O. The Hall–Kier alpha value is -0.910. The van der Waals surface area contributed by atoms with Crippen molar-refractivity contribution in [3.8, 4) is 0 Å². The van der Waals surface area contributed by atoms with E-state index in [9.17, 15) is 8.42 Å². The van der Waals surface area contributed by atoms with Gasteiger partial charge in [0.05, 0.1) is 6.26 Å². The molecule has 0 atom stereocenters. The maximum atomic E-state index is 11.6. The first-order chi connectivity index (χ1) is 7.93. The first-order valence-corrected chi connectivity index (χ1v) is 7.43. The van der Waals surface area contributed by atoms with Crippen molar-refractivity contribution in [3.05, 3.63) is 35.4 Å². The number of hydrogen-bond donors (Lipinski definition) is 1. The Kier molecular flexibility index (Phi) is 5.11. The van der Waals surface area contributed by atoms with Gasteiger partial charge in [0.15, 0.2) is 0 Å². The molecule has 0 aliphatic rings. The van der Waals surface area contributed by atoms with E-state index < -0.39 is 10.0 Å². The van der Waals surface area contributed by atoms with E-state index in [4.69, 9.17) is 0 Å². The molecule has 0 saturated heterocycles. The zero-order valence-electron chi connectivity index (χ0n) is 10.6. The summed E-state index contributed by atoms with van der Waals surface area (Å²) in [6.45, 7) is 3.59. The molecule has 0 amide bonds. The van der Waals surface area contributed by atoms with Crippen molar-refractivity contribution in [2.75, 3.05) is 26.4 Å². The molecule has 96 valence electrons. The van der Waals surface area contributed by atoms with Crippen LogP contribution < -0.4 is 5.32 Å². The smallest absolute Gasteiger partial charge is 0.211 e. The number of hydrogen-bond acceptors (Lipinski definition) is 3. The second-order valence-electron chi connectivity index (χ2n) is 4.19. The van der Waals surface area contributed by atoms with Gasteiger partial charge in [-0.15, -0.1) is 0 Å². The Morgan fingerprint density at radius 3 is 2.29 bits per heavy atom. The lowest BCUT2D eigenvalue weighted by molar-refractivity contribution is 0.408. The zero-order valence-corrected chi connectivity index (χ0v) is 11.4. The van der Waals surface area contributed by atoms with Crippen LogP contribution in [0.4, 0.5) is 0 Å². The van der Waals surface area contributed by atoms with Crippen molar-refractivity contribution < 1.29 is 8.42 Å². The molecule has 1 aromatic rings. The standard InChI is InChI=1S/C12H20N2O2S/c1-11-4-6-12(7-5-11)10-14(9-8-13-2)17(3,15)16/h4-7,13H,8-10H2,1-3H3. The summed E-state index contributed by atoms with van der Waals surface area (Å²) in [5.74, 6) is 0. The predicted octanol–water partition coefficient (Wildman–Crippen LogP) is 0.976. The first kappa shape index (κ1) is 14.2. The number of benzene rings is 1. The molecule has 0 aliphatic heterocycles. The molecule has 0 spiro atoms. The minimum Gasteiger partial charge on any atom is -0.318 e. The van der Waals surface area contributed by atoms with Gasteiger partial charge in [-0.2, -0.15) is 4.31 Å². The van der Waals surface area contributed by atoms with Crippen molar-refractivity contribution >= 4 is 10.0 Å². The number of nitrogens with one attached hydrogen (secondary N) is 1. The van der Waals surface area contributed by atoms with Gasteiger partial charge in [0.25, 0.3) is 0 Å². The van der Waals surface area contributed by atoms with Crippen LogP contribution in [0.15, 0.2) is 24.3 Å². The summed E-state index contributed by atoms with van der Waals surface area (Å²) in [5.41, 5.74) is 2.19. The van der Waals surface area contributed by atoms with Gasteiger partial charge in [0.1, 0.15) is 0 Å². The lowest BCUT2D eigenvalue weighted by Crippen LogP contribution is -2.34. The molecule has 0 heterocycles. The number of sulfonamides is 1. The molecule has 1 aromatic carbocycles. The Morgan fingerprint density at radius 1 is 1.24 bits per heavy atom. The molecule has 4 nitrogen and oxygen atoms in total. The van der Waals surface area contributed by atoms with Crippen LogP contribution in [0.3, 0.4) is 0 Å². The van der Waals surface area contributed by atoms with Crippen molar-refractivity contribution in [2.45, 2.75) is 13.5 Å². The molecule has 17 heavy (non-hydrogen) atoms. The van der Waals surface area contributed by atoms with E-state index in [0.717, 1.165) is 5.56 Å². The highest BCUT2D eigenvalue weighted by atomic mass is 32.2. The molecule has 1 N–H and O–H groups in total. The first-order valence-electron chi connectivity index (χ1n) is 5.59. The van der Waals surface area contributed by atoms with Crippen molar-refractivity contribution in [1.29, 1.82) is 0 Å². The molecule has 0 aromatic heterocycles. The Bertz CT molecular complexity index is 440. The summed E-state index contributed by atoms with van der Waals surface area (Å²) in [7, 11) is -1.34. The van der Waals surface area contributed by atoms with Gasteiger partial charge >= 0.3 is 0 Å². The Balaban J connectivity index is 2.76. The third kappa shape index (κ3) is 4.85. The van der Waals surface area contributed by atoms with E-state index in [1.165, 1.54) is 16.1 Å². The van der Waals surface area contributed by atoms with Crippen LogP contribution in [0.2, 0.25) is 0 Å². The Morgan fingerprint density at radius 2 is 1.82 bits per heavy atom. The Labute approximate surface area is 104 Å². The average molecular weight is 256 g/mol. The predicted molar refractivity (Wildman–Crippen MR) is 70.4 cm³/mol. The number of aryl methyl sites for hydroxylation is 1. The molecule has 0 radical (unpaired) electrons. The van der Waals surface area contributed by atoms with Crippen LogP contribution in [-0.2, 0) is 16.6 Å². The van der Waals surface area contributed by atoms with Crippen LogP contribution in [0.1, 0.15) is 11.1 Å². The molecule has 0 saturated carbocycles. The topological polar surface area (TPSA) is 49.4 Å². The highest BCUT2D eigenvalue weighted by molar-refractivity contribution is 7.88. The van der Waals surface area contributed by atoms with Crippen LogP contribution in [0, 0.1) is 6.92 Å². The largest absolute Gasteiger partial charge is 0.318 e. The van der Waals surface area contributed by atoms with Crippen LogP contribution in [0.25, 0.3) is 0 Å². The van der Waals surface area contributed by atoms with Crippen molar-refractivity contribution in [1.82, 2.24) is 9.62 Å². The second-order valence-corrected chi connectivity index (χ2v) is 6.17. The molecule has 0 unspecified atom stereocenters. The zero-order chi connectivity index (χ0) is 12.9. The maximum Gasteiger partial charge on any atom is 0.211 e. The molecular weight excluding hydrogens is 236 g/mol. The lowest BCUT2D eigenvalue weighted by Gasteiger charge is -2.19. The normalized spacial score (nSPS) is 12.0. The highest BCUT2D eigenvalue weighted by Crippen LogP contribution is 2.09. The molecule has 0 aliphatic carbocycles. The average Bonchev–Trinajstić information content (AvgIpc) is 2.25. The van der Waals surface area contributed by atoms with Crippen molar-refractivity contribution in [3.63, 3.8) is 0 Å². The van der Waals surface area contributed by atoms with E-state index in [2.05, 4.69) is 5.32 Å². The van der Waals surface area contributed by atoms with Gasteiger partial charge in [-0.05, 0) is 19.5 Å². The van der Waals surface area contributed by atoms with E-state index in [0.29, 0.717) is 19.6 Å².